The Hall–Kier alpha value is -2.24. The number of hydrogen-bond acceptors (Lipinski definition) is 18. The van der Waals surface area contributed by atoms with Gasteiger partial charge in [0.15, 0.2) is 41.5 Å². The topological polar surface area (TPSA) is 249 Å². The number of hydrogen-bond donors (Lipinski definition) is 7. The number of nitrogen functional groups attached to an aromatic ring is 2. The van der Waals surface area contributed by atoms with Crippen LogP contribution in [0.15, 0.2) is 17.4 Å². The fourth-order valence-corrected chi connectivity index (χ4v) is 9.98. The summed E-state index contributed by atoms with van der Waals surface area (Å²) in [5, 5.41) is -0.144. The lowest BCUT2D eigenvalue weighted by Crippen LogP contribution is -2.62. The van der Waals surface area contributed by atoms with Gasteiger partial charge in [0.2, 0.25) is 11.7 Å². The predicted octanol–water partition coefficient (Wildman–Crippen LogP) is 1.34. The molecular formula is C19H23F2N11O8P2S3. The summed E-state index contributed by atoms with van der Waals surface area (Å²) in [5.41, 5.74) is 14.0. The number of thioether (sulfide) groups is 1. The summed E-state index contributed by atoms with van der Waals surface area (Å²) in [7, 11) is 0. The van der Waals surface area contributed by atoms with Crippen LogP contribution in [0, 0.1) is 0 Å². The molecule has 26 heteroatoms. The second-order valence-electron chi connectivity index (χ2n) is 10.1. The molecule has 3 aromatic rings. The van der Waals surface area contributed by atoms with Crippen molar-refractivity contribution < 1.29 is 40.7 Å². The van der Waals surface area contributed by atoms with E-state index in [0.29, 0.717) is 0 Å². The molecule has 3 fully saturated rings. The van der Waals surface area contributed by atoms with Gasteiger partial charge in [0.25, 0.3) is 5.56 Å². The van der Waals surface area contributed by atoms with E-state index in [1.165, 1.54) is 10.9 Å². The first-order valence-electron chi connectivity index (χ1n) is 12.8. The summed E-state index contributed by atoms with van der Waals surface area (Å²) in [4.78, 5) is 30.8. The molecule has 19 nitrogen and oxygen atoms in total. The van der Waals surface area contributed by atoms with Gasteiger partial charge in [-0.3, -0.25) is 37.9 Å². The maximum absolute atomic E-state index is 16.4. The second kappa shape index (κ2) is 11.2. The summed E-state index contributed by atoms with van der Waals surface area (Å²) in [5.74, 6) is -0.696. The Morgan fingerprint density at radius 3 is 2.71 bits per heavy atom. The maximum atomic E-state index is 16.4. The molecule has 2 bridgehead atoms. The first-order chi connectivity index (χ1) is 21.3. The molecule has 2 unspecified atom stereocenters. The molecule has 0 aromatic carbocycles. The van der Waals surface area contributed by atoms with E-state index in [1.807, 2.05) is 0 Å². The zero-order valence-corrected chi connectivity index (χ0v) is 26.7. The first-order valence-corrected chi connectivity index (χ1v) is 19.3. The third kappa shape index (κ3) is 5.38. The number of nitrogens with two attached hydrogens (primary N) is 2. The molecule has 7 N–H and O–H groups in total. The van der Waals surface area contributed by atoms with Crippen LogP contribution < -0.4 is 33.0 Å². The number of aromatic nitrogens is 6. The minimum Gasteiger partial charge on any atom is -0.382 e. The Morgan fingerprint density at radius 1 is 1.13 bits per heavy atom. The van der Waals surface area contributed by atoms with Crippen molar-refractivity contribution in [3.63, 3.8) is 0 Å². The number of imidazole rings is 1. The van der Waals surface area contributed by atoms with E-state index in [2.05, 4.69) is 60.4 Å². The van der Waals surface area contributed by atoms with Gasteiger partial charge in [0.1, 0.15) is 24.1 Å². The third-order valence-corrected chi connectivity index (χ3v) is 11.9. The molecule has 0 spiro atoms. The largest absolute Gasteiger partial charge is 0.388 e. The number of aromatic amines is 1. The number of alkyl halides is 2. The normalized spacial score (nSPS) is 38.6. The van der Waals surface area contributed by atoms with E-state index in [9.17, 15) is 13.9 Å². The Morgan fingerprint density at radius 2 is 1.91 bits per heavy atom. The van der Waals surface area contributed by atoms with Crippen molar-refractivity contribution in [1.29, 1.82) is 0 Å². The van der Waals surface area contributed by atoms with Crippen LogP contribution in [0.25, 0.3) is 11.2 Å². The van der Waals surface area contributed by atoms with Crippen LogP contribution >= 0.6 is 49.9 Å². The first kappa shape index (κ1) is 31.4. The summed E-state index contributed by atoms with van der Waals surface area (Å²) in [6, 6.07) is 0. The highest BCUT2D eigenvalue weighted by molar-refractivity contribution is 8.44. The minimum atomic E-state index is -4.57. The molecule has 0 aliphatic carbocycles. The van der Waals surface area contributed by atoms with Crippen molar-refractivity contribution >= 4 is 84.3 Å². The molecular weight excluding hydrogens is 706 g/mol. The van der Waals surface area contributed by atoms with Gasteiger partial charge in [-0.05, 0) is 0 Å². The van der Waals surface area contributed by atoms with E-state index < -0.39 is 74.1 Å². The van der Waals surface area contributed by atoms with Gasteiger partial charge in [-0.25, -0.2) is 37.9 Å². The fraction of sp³-hybridized carbons (Fsp3) is 0.526. The lowest BCUT2D eigenvalue weighted by molar-refractivity contribution is -0.0463. The van der Waals surface area contributed by atoms with Crippen LogP contribution in [0.5, 0.6) is 0 Å². The Kier molecular flexibility index (Phi) is 7.80. The number of nitrogens with zero attached hydrogens (tertiary/aromatic N) is 6. The Labute approximate surface area is 265 Å². The van der Waals surface area contributed by atoms with Crippen LogP contribution in [0.4, 0.5) is 32.1 Å². The highest BCUT2D eigenvalue weighted by atomic mass is 32.7. The monoisotopic (exact) mass is 729 g/mol. The van der Waals surface area contributed by atoms with Crippen molar-refractivity contribution in [2.75, 3.05) is 40.9 Å². The van der Waals surface area contributed by atoms with Crippen molar-refractivity contribution in [2.45, 2.75) is 41.8 Å². The van der Waals surface area contributed by atoms with Crippen LogP contribution in [0.3, 0.4) is 0 Å². The number of rotatable bonds is 2. The fourth-order valence-electron chi connectivity index (χ4n) is 5.29. The van der Waals surface area contributed by atoms with Crippen LogP contribution in [-0.4, -0.2) is 84.0 Å². The average molecular weight is 730 g/mol. The van der Waals surface area contributed by atoms with E-state index >= 15 is 8.78 Å². The molecule has 3 saturated heterocycles. The second-order valence-corrected chi connectivity index (χ2v) is 17.1. The summed E-state index contributed by atoms with van der Waals surface area (Å²) >= 11 is 9.01. The number of hydrazine groups is 2. The number of fused-ring (bicyclic) bond motifs is 5. The van der Waals surface area contributed by atoms with E-state index in [4.69, 9.17) is 34.3 Å². The maximum Gasteiger partial charge on any atom is 0.388 e. The lowest BCUT2D eigenvalue weighted by Gasteiger charge is -2.40. The lowest BCUT2D eigenvalue weighted by atomic mass is 10.1. The van der Waals surface area contributed by atoms with Crippen molar-refractivity contribution in [2.24, 2.45) is 0 Å². The van der Waals surface area contributed by atoms with Crippen LogP contribution in [-0.2, 0) is 32.0 Å². The van der Waals surface area contributed by atoms with Gasteiger partial charge in [-0.15, -0.1) is 17.3 Å². The number of thiol groups is 2. The number of halogens is 2. The van der Waals surface area contributed by atoms with Gasteiger partial charge < -0.3 is 16.2 Å². The molecule has 3 aromatic heterocycles. The predicted molar refractivity (Wildman–Crippen MR) is 162 cm³/mol. The molecule has 4 aliphatic heterocycles. The molecule has 244 valence electrons. The summed E-state index contributed by atoms with van der Waals surface area (Å²) in [6.45, 7) is -10.3. The molecule has 45 heavy (non-hydrogen) atoms. The molecule has 7 heterocycles. The summed E-state index contributed by atoms with van der Waals surface area (Å²) in [6.07, 6.45) is -6.32. The van der Waals surface area contributed by atoms with Gasteiger partial charge >= 0.3 is 13.6 Å². The molecule has 7 rings (SSSR count). The molecule has 4 aliphatic rings. The SMILES string of the molecule is Nc1nc2c(c(=O)[nH]1)NNN2[C@@]12CS[C@H](COP(=O)(S)O[C@H]3[C@H](F)[C@H](n4cnc5c(N)ncnc54)O[C@@H]3COP(=O)(S)O1)[C@H]2F. The number of H-pyrrole nitrogens is 1. The zero-order chi connectivity index (χ0) is 31.9. The Balaban J connectivity index is 1.23. The highest BCUT2D eigenvalue weighted by Gasteiger charge is 2.61. The quantitative estimate of drug-likeness (QED) is 0.145. The molecule has 0 amide bonds. The number of anilines is 4. The summed E-state index contributed by atoms with van der Waals surface area (Å²) < 4.78 is 88.9. The van der Waals surface area contributed by atoms with Crippen molar-refractivity contribution in [3.8, 4) is 0 Å². The van der Waals surface area contributed by atoms with E-state index in [-0.39, 0.29) is 40.2 Å². The van der Waals surface area contributed by atoms with Gasteiger partial charge in [0.05, 0.1) is 24.8 Å². The van der Waals surface area contributed by atoms with Crippen LogP contribution in [0.1, 0.15) is 6.23 Å². The Bertz CT molecular complexity index is 1830. The van der Waals surface area contributed by atoms with Gasteiger partial charge in [-0.2, -0.15) is 4.98 Å². The molecule has 9 atom stereocenters. The third-order valence-electron chi connectivity index (χ3n) is 7.32. The van der Waals surface area contributed by atoms with Crippen molar-refractivity contribution in [3.05, 3.63) is 23.0 Å². The molecule has 0 radical (unpaired) electrons. The average Bonchev–Trinajstić information content (AvgIpc) is 3.73. The number of ether oxygens (including phenoxy) is 1. The smallest absolute Gasteiger partial charge is 0.382 e. The highest BCUT2D eigenvalue weighted by Crippen LogP contribution is 2.63. The zero-order valence-electron chi connectivity index (χ0n) is 22.3. The number of nitrogens with one attached hydrogen (secondary N) is 3. The minimum absolute atomic E-state index is 0.0381. The van der Waals surface area contributed by atoms with Crippen molar-refractivity contribution in [1.82, 2.24) is 35.0 Å². The molecule has 0 saturated carbocycles. The van der Waals surface area contributed by atoms with Gasteiger partial charge in [-0.1, -0.05) is 24.5 Å². The van der Waals surface area contributed by atoms with E-state index in [1.54, 1.807) is 0 Å². The van der Waals surface area contributed by atoms with Crippen LogP contribution in [0.2, 0.25) is 0 Å². The standard InChI is InChI=1S/C19H23F2N11O8P2S3/c20-8-11-6(38-17(8)31-5-26-9-13(22)24-4-25-14(9)31)1-36-42(35,44)40-19(3-45-7(12(19)21)2-37-41(34,43)39-11)32-15-10(29-30-32)16(33)28-18(23)27-15/h4-8,11-12,17,29-30H,1-3H2,(H,34,43)(H,35,44)(H2,22,24,25)(H3,23,27,28,33)/t6-,7-,8+,11-,12-,17-,19+,41?,42?/m1/s1. The van der Waals surface area contributed by atoms with E-state index in [0.717, 1.165) is 23.1 Å². The van der Waals surface area contributed by atoms with Gasteiger partial charge in [0, 0.05) is 5.75 Å².